The van der Waals surface area contributed by atoms with Crippen molar-refractivity contribution in [3.05, 3.63) is 0 Å². The maximum absolute atomic E-state index is 0. The molecule has 0 aliphatic rings. The summed E-state index contributed by atoms with van der Waals surface area (Å²) >= 11 is 0. The van der Waals surface area contributed by atoms with E-state index in [-0.39, 0.29) is 94.9 Å². The summed E-state index contributed by atoms with van der Waals surface area (Å²) in [5.41, 5.74) is 0. The minimum Gasteiger partial charge on any atom is -0.412 e. The first-order valence-electron chi connectivity index (χ1n) is 0. The predicted molar refractivity (Wildman–Crippen MR) is 61.8 cm³/mol. The molecule has 0 rings (SSSR count). The summed E-state index contributed by atoms with van der Waals surface area (Å²) in [5, 5.41) is 0. The maximum Gasteiger partial charge on any atom is -0.114 e. The highest BCUT2D eigenvalue weighted by atomic mass is 79.9. The highest BCUT2D eigenvalue weighted by molar-refractivity contribution is 8.93. The molecule has 0 amide bonds. The molecule has 0 unspecified atom stereocenters. The molecule has 0 atom stereocenters. The Morgan fingerprint density at radius 1 is 0.231 bits per heavy atom. The van der Waals surface area contributed by atoms with Crippen LogP contribution >= 0.6 is 34.0 Å². The normalized spacial score (nSPS) is 0. The van der Waals surface area contributed by atoms with Crippen LogP contribution in [0.5, 0.6) is 0 Å². The Balaban J connectivity index is 0. The summed E-state index contributed by atoms with van der Waals surface area (Å²) in [7, 11) is 0. The molecule has 0 saturated heterocycles. The van der Waals surface area contributed by atoms with Crippen LogP contribution in [0, 0.1) is 0 Å². The summed E-state index contributed by atoms with van der Waals surface area (Å²) in [6.07, 6.45) is 0. The Morgan fingerprint density at radius 3 is 0.231 bits per heavy atom. The first-order valence-corrected chi connectivity index (χ1v) is 0. The topological polar surface area (TPSA) is 350 Å². The van der Waals surface area contributed by atoms with Gasteiger partial charge in [0.05, 0.1) is 0 Å². The van der Waals surface area contributed by atoms with E-state index in [2.05, 4.69) is 0 Å². The van der Waals surface area contributed by atoms with E-state index >= 15 is 0 Å². The van der Waals surface area contributed by atoms with Gasteiger partial charge in [0, 0.05) is 0 Å². The zero-order valence-electron chi connectivity index (χ0n) is 6.52. The number of rotatable bonds is 0. The van der Waals surface area contributed by atoms with Crippen molar-refractivity contribution in [2.24, 2.45) is 0 Å². The molecule has 23 N–H and O–H groups in total. The lowest BCUT2D eigenvalue weighted by atomic mass is 14.0. The minimum absolute atomic E-state index is 0. The predicted octanol–water partition coefficient (Wildman–Crippen LogP) is -6.93. The second-order valence-electron chi connectivity index (χ2n) is 0. The molecule has 13 heteroatoms. The molecule has 0 bridgehead atoms. The van der Waals surface area contributed by atoms with Gasteiger partial charge >= 0.3 is 0 Å². The van der Waals surface area contributed by atoms with Crippen LogP contribution in [0.15, 0.2) is 0 Å². The smallest absolute Gasteiger partial charge is 0.114 e. The van der Waals surface area contributed by atoms with Crippen molar-refractivity contribution in [3.8, 4) is 0 Å². The molecule has 0 radical (unpaired) electrons. The SMILES string of the molecule is Br.Br.N.O.O.O.O.O.O.O.O.O.O. The van der Waals surface area contributed by atoms with Crippen molar-refractivity contribution in [1.82, 2.24) is 6.15 Å². The molecule has 0 saturated carbocycles. The van der Waals surface area contributed by atoms with Crippen molar-refractivity contribution in [1.29, 1.82) is 0 Å². The van der Waals surface area contributed by atoms with Gasteiger partial charge in [-0.05, 0) is 0 Å². The van der Waals surface area contributed by atoms with Gasteiger partial charge in [-0.1, -0.05) is 0 Å². The van der Waals surface area contributed by atoms with E-state index in [4.69, 9.17) is 0 Å². The molecule has 0 heterocycles. The fourth-order valence-electron chi connectivity index (χ4n) is 0. The monoisotopic (exact) mass is 357 g/mol. The summed E-state index contributed by atoms with van der Waals surface area (Å²) in [4.78, 5) is 0. The second kappa shape index (κ2) is 6140. The van der Waals surface area contributed by atoms with E-state index in [9.17, 15) is 0 Å². The average Bonchev–Trinajstić information content (AvgIpc) is 0. The fraction of sp³-hybridized carbons (Fsp3) is 0. The number of hydrogen-bond donors (Lipinski definition) is 1. The first-order chi connectivity index (χ1) is 0. The van der Waals surface area contributed by atoms with Gasteiger partial charge in [-0.15, -0.1) is 34.0 Å². The van der Waals surface area contributed by atoms with Crippen LogP contribution in [0.25, 0.3) is 0 Å². The van der Waals surface area contributed by atoms with E-state index in [0.717, 1.165) is 0 Å². The Kier molecular flexibility index (Phi) is 3700000. The number of hydrogen-bond acceptors (Lipinski definition) is 1. The van der Waals surface area contributed by atoms with Crippen molar-refractivity contribution in [2.75, 3.05) is 0 Å². The summed E-state index contributed by atoms with van der Waals surface area (Å²) < 4.78 is 0. The van der Waals surface area contributed by atoms with Gasteiger partial charge in [-0.3, -0.25) is 0 Å². The Bertz CT molecular complexity index is 12.9. The van der Waals surface area contributed by atoms with E-state index < -0.39 is 0 Å². The van der Waals surface area contributed by atoms with Crippen LogP contribution in [-0.2, 0) is 0 Å². The lowest BCUT2D eigenvalue weighted by Gasteiger charge is -0.413. The van der Waals surface area contributed by atoms with Crippen molar-refractivity contribution < 1.29 is 54.8 Å². The van der Waals surface area contributed by atoms with Gasteiger partial charge in [-0.25, -0.2) is 0 Å². The van der Waals surface area contributed by atoms with Gasteiger partial charge in [0.2, 0.25) is 0 Å². The molecular weight excluding hydrogens is 334 g/mol. The van der Waals surface area contributed by atoms with Gasteiger partial charge in [0.15, 0.2) is 0 Å². The van der Waals surface area contributed by atoms with Crippen LogP contribution in [0.4, 0.5) is 0 Å². The van der Waals surface area contributed by atoms with Crippen LogP contribution in [0.1, 0.15) is 0 Å². The van der Waals surface area contributed by atoms with Crippen molar-refractivity contribution in [3.63, 3.8) is 0 Å². The zero-order valence-corrected chi connectivity index (χ0v) is 9.95. The van der Waals surface area contributed by atoms with Gasteiger partial charge in [0.1, 0.15) is 0 Å². The quantitative estimate of drug-likeness (QED) is 0.432. The van der Waals surface area contributed by atoms with Crippen molar-refractivity contribution >= 4 is 34.0 Å². The second-order valence-corrected chi connectivity index (χ2v) is 0. The minimum atomic E-state index is 0. The van der Waals surface area contributed by atoms with Crippen molar-refractivity contribution in [2.45, 2.75) is 0 Å². The standard InChI is InChI=1S/2BrH.H3N.10H2O/h2*1H;1H3;10*1H2. The third-order valence-electron chi connectivity index (χ3n) is 0. The Labute approximate surface area is 95.3 Å². The molecule has 0 aromatic rings. The van der Waals surface area contributed by atoms with E-state index in [1.165, 1.54) is 0 Å². The molecule has 0 aliphatic carbocycles. The lowest BCUT2D eigenvalue weighted by molar-refractivity contribution is 0.823. The molecule has 0 aromatic carbocycles. The van der Waals surface area contributed by atoms with E-state index in [1.807, 2.05) is 0 Å². The molecule has 0 aliphatic heterocycles. The lowest BCUT2D eigenvalue weighted by Crippen LogP contribution is -0.481. The molecule has 0 fully saturated rings. The van der Waals surface area contributed by atoms with Gasteiger partial charge in [0.25, 0.3) is 0 Å². The van der Waals surface area contributed by atoms with Crippen LogP contribution < -0.4 is 6.15 Å². The third kappa shape index (κ3) is 5120. The molecule has 104 valence electrons. The molecule has 0 aromatic heterocycles. The van der Waals surface area contributed by atoms with Crippen LogP contribution in [0.3, 0.4) is 0 Å². The summed E-state index contributed by atoms with van der Waals surface area (Å²) in [6.45, 7) is 0. The molecule has 0 spiro atoms. The zero-order chi connectivity index (χ0) is 0. The van der Waals surface area contributed by atoms with E-state index in [1.54, 1.807) is 0 Å². The van der Waals surface area contributed by atoms with Gasteiger partial charge in [-0.2, -0.15) is 0 Å². The van der Waals surface area contributed by atoms with Crippen LogP contribution in [0.2, 0.25) is 0 Å². The maximum atomic E-state index is 0. The van der Waals surface area contributed by atoms with E-state index in [0.29, 0.717) is 0 Å². The number of halogens is 2. The molecule has 13 heavy (non-hydrogen) atoms. The Morgan fingerprint density at radius 2 is 0.231 bits per heavy atom. The molecular formula is H25Br2NO10. The highest BCUT2D eigenvalue weighted by Gasteiger charge is -0.113. The average molecular weight is 359 g/mol. The fourth-order valence-corrected chi connectivity index (χ4v) is 0. The third-order valence-corrected chi connectivity index (χ3v) is 0. The van der Waals surface area contributed by atoms with Crippen LogP contribution in [-0.4, -0.2) is 54.8 Å². The molecule has 11 nitrogen and oxygen atoms in total. The Hall–Kier alpha value is 0.520. The van der Waals surface area contributed by atoms with Gasteiger partial charge < -0.3 is 60.9 Å². The summed E-state index contributed by atoms with van der Waals surface area (Å²) in [6, 6.07) is 0. The first kappa shape index (κ1) is 7840. The largest absolute Gasteiger partial charge is 0.412 e. The summed E-state index contributed by atoms with van der Waals surface area (Å²) in [5.74, 6) is 0. The highest BCUT2D eigenvalue weighted by Crippen LogP contribution is 0.847.